The Morgan fingerprint density at radius 1 is 1.50 bits per heavy atom. The molecule has 0 bridgehead atoms. The summed E-state index contributed by atoms with van der Waals surface area (Å²) in [5.74, 6) is 6.22. The van der Waals surface area contributed by atoms with Crippen LogP contribution >= 0.6 is 0 Å². The largest absolute Gasteiger partial charge is 0.329 e. The minimum Gasteiger partial charge on any atom is -0.329 e. The van der Waals surface area contributed by atoms with Gasteiger partial charge in [-0.1, -0.05) is 0 Å². The Balaban J connectivity index is 2.58. The molecule has 5 heteroatoms. The summed E-state index contributed by atoms with van der Waals surface area (Å²) in [4.78, 5) is 0. The third kappa shape index (κ3) is 3.78. The zero-order chi connectivity index (χ0) is 12.1. The first-order valence-electron chi connectivity index (χ1n) is 5.59. The van der Waals surface area contributed by atoms with E-state index in [1.54, 1.807) is 6.92 Å². The predicted octanol–water partition coefficient (Wildman–Crippen LogP) is -0.104. The summed E-state index contributed by atoms with van der Waals surface area (Å²) in [5, 5.41) is 3.27. The molecular weight excluding hydrogens is 224 g/mol. The van der Waals surface area contributed by atoms with Crippen molar-refractivity contribution in [2.75, 3.05) is 24.6 Å². The fourth-order valence-electron chi connectivity index (χ4n) is 2.08. The van der Waals surface area contributed by atoms with Crippen molar-refractivity contribution in [3.63, 3.8) is 0 Å². The fraction of sp³-hybridized carbons (Fsp3) is 0.818. The highest BCUT2D eigenvalue weighted by Gasteiger charge is 2.37. The van der Waals surface area contributed by atoms with E-state index in [0.29, 0.717) is 25.3 Å². The minimum atomic E-state index is -2.92. The van der Waals surface area contributed by atoms with E-state index < -0.39 is 15.4 Å². The summed E-state index contributed by atoms with van der Waals surface area (Å²) < 4.78 is 23.2. The van der Waals surface area contributed by atoms with Crippen LogP contribution in [0.2, 0.25) is 0 Å². The molecule has 3 N–H and O–H groups in total. The second kappa shape index (κ2) is 5.67. The first kappa shape index (κ1) is 13.5. The molecule has 1 rings (SSSR count). The van der Waals surface area contributed by atoms with E-state index in [9.17, 15) is 8.42 Å². The Hall–Kier alpha value is -0.570. The van der Waals surface area contributed by atoms with Gasteiger partial charge in [0, 0.05) is 25.0 Å². The van der Waals surface area contributed by atoms with Crippen LogP contribution in [-0.4, -0.2) is 38.6 Å². The predicted molar refractivity (Wildman–Crippen MR) is 65.7 cm³/mol. The number of hydrogen-bond donors (Lipinski definition) is 2. The molecule has 0 aliphatic carbocycles. The van der Waals surface area contributed by atoms with Gasteiger partial charge in [0.2, 0.25) is 0 Å². The third-order valence-corrected chi connectivity index (χ3v) is 4.83. The van der Waals surface area contributed by atoms with Crippen molar-refractivity contribution in [3.8, 4) is 11.8 Å². The molecule has 0 spiro atoms. The van der Waals surface area contributed by atoms with Crippen molar-refractivity contribution in [2.45, 2.75) is 31.7 Å². The standard InChI is InChI=1S/C11H20N2O2S/c1-2-3-4-7-13-11(9-12)6-5-8-16(14,15)10-11/h13H,4-10,12H2,1H3. The molecule has 0 aromatic carbocycles. The van der Waals surface area contributed by atoms with Crippen LogP contribution in [0.15, 0.2) is 0 Å². The molecule has 16 heavy (non-hydrogen) atoms. The molecular formula is C11H20N2O2S. The highest BCUT2D eigenvalue weighted by molar-refractivity contribution is 7.91. The van der Waals surface area contributed by atoms with Crippen molar-refractivity contribution in [3.05, 3.63) is 0 Å². The van der Waals surface area contributed by atoms with Gasteiger partial charge in [0.15, 0.2) is 9.84 Å². The molecule has 1 saturated heterocycles. The van der Waals surface area contributed by atoms with E-state index in [1.165, 1.54) is 0 Å². The number of sulfone groups is 1. The molecule has 1 fully saturated rings. The Labute approximate surface area is 97.9 Å². The van der Waals surface area contributed by atoms with Crippen molar-refractivity contribution in [2.24, 2.45) is 5.73 Å². The van der Waals surface area contributed by atoms with E-state index in [-0.39, 0.29) is 5.75 Å². The molecule has 0 aromatic rings. The van der Waals surface area contributed by atoms with E-state index in [2.05, 4.69) is 17.2 Å². The minimum absolute atomic E-state index is 0.163. The van der Waals surface area contributed by atoms with Gasteiger partial charge in [-0.25, -0.2) is 8.42 Å². The van der Waals surface area contributed by atoms with Crippen LogP contribution in [0.4, 0.5) is 0 Å². The Bertz CT molecular complexity index is 381. The summed E-state index contributed by atoms with van der Waals surface area (Å²) in [6.07, 6.45) is 2.27. The van der Waals surface area contributed by atoms with Crippen LogP contribution in [0.1, 0.15) is 26.2 Å². The normalized spacial score (nSPS) is 28.1. The van der Waals surface area contributed by atoms with Gasteiger partial charge in [-0.2, -0.15) is 0 Å². The summed E-state index contributed by atoms with van der Waals surface area (Å²) >= 11 is 0. The Morgan fingerprint density at radius 3 is 2.81 bits per heavy atom. The fourth-order valence-corrected chi connectivity index (χ4v) is 4.02. The zero-order valence-corrected chi connectivity index (χ0v) is 10.6. The number of nitrogens with one attached hydrogen (secondary N) is 1. The molecule has 0 radical (unpaired) electrons. The molecule has 4 nitrogen and oxygen atoms in total. The maximum atomic E-state index is 11.6. The van der Waals surface area contributed by atoms with E-state index in [4.69, 9.17) is 5.73 Å². The van der Waals surface area contributed by atoms with Gasteiger partial charge in [-0.3, -0.25) is 0 Å². The maximum absolute atomic E-state index is 11.6. The van der Waals surface area contributed by atoms with Crippen LogP contribution in [-0.2, 0) is 9.84 Å². The molecule has 1 atom stereocenters. The lowest BCUT2D eigenvalue weighted by atomic mass is 9.95. The molecule has 1 aliphatic heterocycles. The van der Waals surface area contributed by atoms with Crippen LogP contribution < -0.4 is 11.1 Å². The first-order valence-corrected chi connectivity index (χ1v) is 7.41. The molecule has 0 amide bonds. The molecule has 1 aliphatic rings. The molecule has 92 valence electrons. The molecule has 0 saturated carbocycles. The third-order valence-electron chi connectivity index (χ3n) is 2.92. The van der Waals surface area contributed by atoms with Gasteiger partial charge in [0.1, 0.15) is 0 Å². The summed E-state index contributed by atoms with van der Waals surface area (Å²) in [5.41, 5.74) is 5.29. The smallest absolute Gasteiger partial charge is 0.152 e. The van der Waals surface area contributed by atoms with E-state index >= 15 is 0 Å². The average molecular weight is 244 g/mol. The molecule has 1 unspecified atom stereocenters. The van der Waals surface area contributed by atoms with Crippen molar-refractivity contribution >= 4 is 9.84 Å². The SMILES string of the molecule is CC#CCCNC1(CN)CCCS(=O)(=O)C1. The van der Waals surface area contributed by atoms with Gasteiger partial charge in [0.05, 0.1) is 11.5 Å². The van der Waals surface area contributed by atoms with Crippen LogP contribution in [0.5, 0.6) is 0 Å². The lowest BCUT2D eigenvalue weighted by Crippen LogP contribution is -2.58. The second-order valence-electron chi connectivity index (χ2n) is 4.28. The van der Waals surface area contributed by atoms with Crippen LogP contribution in [0.3, 0.4) is 0 Å². The summed E-state index contributed by atoms with van der Waals surface area (Å²) in [7, 11) is -2.92. The highest BCUT2D eigenvalue weighted by Crippen LogP contribution is 2.21. The highest BCUT2D eigenvalue weighted by atomic mass is 32.2. The van der Waals surface area contributed by atoms with E-state index in [1.807, 2.05) is 0 Å². The Kier molecular flexibility index (Phi) is 4.78. The summed E-state index contributed by atoms with van der Waals surface area (Å²) in [6, 6.07) is 0. The molecule has 0 aromatic heterocycles. The lowest BCUT2D eigenvalue weighted by Gasteiger charge is -2.36. The maximum Gasteiger partial charge on any atom is 0.152 e. The van der Waals surface area contributed by atoms with Gasteiger partial charge in [-0.15, -0.1) is 11.8 Å². The summed E-state index contributed by atoms with van der Waals surface area (Å²) in [6.45, 7) is 2.86. The van der Waals surface area contributed by atoms with Gasteiger partial charge in [0.25, 0.3) is 0 Å². The van der Waals surface area contributed by atoms with Crippen LogP contribution in [0, 0.1) is 11.8 Å². The number of hydrogen-bond acceptors (Lipinski definition) is 4. The van der Waals surface area contributed by atoms with Gasteiger partial charge >= 0.3 is 0 Å². The monoisotopic (exact) mass is 244 g/mol. The Morgan fingerprint density at radius 2 is 2.25 bits per heavy atom. The first-order chi connectivity index (χ1) is 7.54. The zero-order valence-electron chi connectivity index (χ0n) is 9.75. The lowest BCUT2D eigenvalue weighted by molar-refractivity contribution is 0.331. The van der Waals surface area contributed by atoms with Crippen LogP contribution in [0.25, 0.3) is 0 Å². The van der Waals surface area contributed by atoms with Crippen molar-refractivity contribution < 1.29 is 8.42 Å². The average Bonchev–Trinajstić information content (AvgIpc) is 2.23. The number of nitrogens with two attached hydrogens (primary N) is 1. The van der Waals surface area contributed by atoms with E-state index in [0.717, 1.165) is 12.8 Å². The number of rotatable bonds is 4. The quantitative estimate of drug-likeness (QED) is 0.535. The second-order valence-corrected chi connectivity index (χ2v) is 6.47. The van der Waals surface area contributed by atoms with Crippen molar-refractivity contribution in [1.29, 1.82) is 0 Å². The van der Waals surface area contributed by atoms with Gasteiger partial charge in [-0.05, 0) is 19.8 Å². The molecule has 1 heterocycles. The topological polar surface area (TPSA) is 72.2 Å². The van der Waals surface area contributed by atoms with Crippen molar-refractivity contribution in [1.82, 2.24) is 5.32 Å². The van der Waals surface area contributed by atoms with Gasteiger partial charge < -0.3 is 11.1 Å².